The number of aromatic nitrogens is 2. The van der Waals surface area contributed by atoms with Crippen molar-refractivity contribution < 1.29 is 18.5 Å². The molecule has 0 radical (unpaired) electrons. The number of ether oxygens (including phenoxy) is 1. The van der Waals surface area contributed by atoms with E-state index in [4.69, 9.17) is 4.74 Å². The van der Waals surface area contributed by atoms with E-state index in [1.54, 1.807) is 12.1 Å². The first-order valence-electron chi connectivity index (χ1n) is 11.3. The molecule has 0 N–H and O–H groups in total. The Bertz CT molecular complexity index is 1070. The molecule has 164 valence electrons. The highest BCUT2D eigenvalue weighted by atomic mass is 19.1. The summed E-state index contributed by atoms with van der Waals surface area (Å²) >= 11 is 0. The Labute approximate surface area is 183 Å². The van der Waals surface area contributed by atoms with Crippen LogP contribution < -0.4 is 4.57 Å². The number of esters is 1. The number of para-hydroxylation sites is 2. The molecule has 3 aromatic rings. The number of carbonyl (C=O) groups is 1. The first-order valence-corrected chi connectivity index (χ1v) is 11.3. The van der Waals surface area contributed by atoms with Gasteiger partial charge in [-0.25, -0.2) is 18.3 Å². The zero-order chi connectivity index (χ0) is 22.1. The molecule has 0 unspecified atom stereocenters. The van der Waals surface area contributed by atoms with Gasteiger partial charge in [-0.1, -0.05) is 39.3 Å². The Balaban J connectivity index is 1.67. The Hall–Kier alpha value is -2.69. The van der Waals surface area contributed by atoms with E-state index in [9.17, 15) is 9.18 Å². The van der Waals surface area contributed by atoms with Crippen LogP contribution in [-0.2, 0) is 23.1 Å². The molecule has 0 aliphatic heterocycles. The zero-order valence-corrected chi connectivity index (χ0v) is 18.8. The quantitative estimate of drug-likeness (QED) is 0.414. The summed E-state index contributed by atoms with van der Waals surface area (Å²) in [6.07, 6.45) is 3.21. The van der Waals surface area contributed by atoms with Crippen molar-refractivity contribution in [1.29, 1.82) is 0 Å². The fraction of sp³-hybridized carbons (Fsp3) is 0.462. The number of imidazole rings is 1. The highest BCUT2D eigenvalue weighted by Gasteiger charge is 2.34. The van der Waals surface area contributed by atoms with Gasteiger partial charge in [0.2, 0.25) is 0 Å². The molecule has 1 fully saturated rings. The lowest BCUT2D eigenvalue weighted by Crippen LogP contribution is -2.37. The van der Waals surface area contributed by atoms with E-state index in [-0.39, 0.29) is 24.4 Å². The van der Waals surface area contributed by atoms with Crippen molar-refractivity contribution in [3.63, 3.8) is 0 Å². The van der Waals surface area contributed by atoms with Gasteiger partial charge in [0, 0.05) is 0 Å². The number of halogens is 1. The Morgan fingerprint density at radius 3 is 2.58 bits per heavy atom. The fourth-order valence-corrected chi connectivity index (χ4v) is 5.08. The fourth-order valence-electron chi connectivity index (χ4n) is 5.08. The summed E-state index contributed by atoms with van der Waals surface area (Å²) < 4.78 is 23.6. The van der Waals surface area contributed by atoms with Gasteiger partial charge in [-0.3, -0.25) is 0 Å². The predicted molar refractivity (Wildman–Crippen MR) is 120 cm³/mol. The van der Waals surface area contributed by atoms with Crippen molar-refractivity contribution in [1.82, 2.24) is 4.57 Å². The monoisotopic (exact) mass is 423 g/mol. The molecular formula is C26H32FN2O2+. The molecule has 1 aliphatic carbocycles. The summed E-state index contributed by atoms with van der Waals surface area (Å²) in [7, 11) is 1.97. The maximum Gasteiger partial charge on any atom is 0.348 e. The van der Waals surface area contributed by atoms with E-state index < -0.39 is 0 Å². The number of carbonyl (C=O) groups excluding carboxylic acids is 1. The number of nitrogens with zero attached hydrogens (tertiary/aromatic N) is 2. The summed E-state index contributed by atoms with van der Waals surface area (Å²) in [5.41, 5.74) is 2.83. The second kappa shape index (κ2) is 8.81. The molecule has 4 nitrogen and oxygen atoms in total. The molecule has 1 heterocycles. The minimum Gasteiger partial charge on any atom is -0.459 e. The second-order valence-corrected chi connectivity index (χ2v) is 9.32. The molecule has 3 atom stereocenters. The lowest BCUT2D eigenvalue weighted by molar-refractivity contribution is -0.634. The number of benzene rings is 2. The average Bonchev–Trinajstić information content (AvgIpc) is 3.00. The maximum atomic E-state index is 13.5. The van der Waals surface area contributed by atoms with E-state index >= 15 is 0 Å². The second-order valence-electron chi connectivity index (χ2n) is 9.32. The smallest absolute Gasteiger partial charge is 0.348 e. The normalized spacial score (nSPS) is 21.5. The van der Waals surface area contributed by atoms with Crippen molar-refractivity contribution in [3.8, 4) is 11.4 Å². The predicted octanol–water partition coefficient (Wildman–Crippen LogP) is 5.28. The van der Waals surface area contributed by atoms with E-state index in [0.717, 1.165) is 35.3 Å². The van der Waals surface area contributed by atoms with Gasteiger partial charge in [0.25, 0.3) is 5.82 Å². The van der Waals surface area contributed by atoms with Gasteiger partial charge in [0.1, 0.15) is 11.9 Å². The number of rotatable bonds is 5. The van der Waals surface area contributed by atoms with Crippen molar-refractivity contribution in [2.24, 2.45) is 24.8 Å². The molecular weight excluding hydrogens is 391 g/mol. The highest BCUT2D eigenvalue weighted by molar-refractivity contribution is 5.79. The van der Waals surface area contributed by atoms with Crippen LogP contribution in [0.3, 0.4) is 0 Å². The van der Waals surface area contributed by atoms with Crippen LogP contribution in [0.5, 0.6) is 0 Å². The van der Waals surface area contributed by atoms with Crippen molar-refractivity contribution in [3.05, 3.63) is 54.3 Å². The molecule has 1 aliphatic rings. The number of fused-ring (bicyclic) bond motifs is 1. The molecule has 0 saturated heterocycles. The van der Waals surface area contributed by atoms with Crippen LogP contribution in [-0.4, -0.2) is 16.6 Å². The molecule has 0 spiro atoms. The van der Waals surface area contributed by atoms with Gasteiger partial charge in [-0.2, -0.15) is 0 Å². The van der Waals surface area contributed by atoms with E-state index in [0.29, 0.717) is 17.8 Å². The molecule has 4 rings (SSSR count). The lowest BCUT2D eigenvalue weighted by Gasteiger charge is -2.36. The lowest BCUT2D eigenvalue weighted by atomic mass is 9.75. The third-order valence-electron chi connectivity index (χ3n) is 6.74. The van der Waals surface area contributed by atoms with E-state index in [1.807, 2.05) is 35.9 Å². The van der Waals surface area contributed by atoms with Crippen LogP contribution in [0.15, 0.2) is 48.5 Å². The topological polar surface area (TPSA) is 35.1 Å². The number of hydrogen-bond acceptors (Lipinski definition) is 2. The summed E-state index contributed by atoms with van der Waals surface area (Å²) in [6.45, 7) is 6.80. The molecule has 5 heteroatoms. The molecule has 2 aromatic carbocycles. The molecule has 31 heavy (non-hydrogen) atoms. The first kappa shape index (κ1) is 21.5. The van der Waals surface area contributed by atoms with Crippen molar-refractivity contribution >= 4 is 17.0 Å². The average molecular weight is 424 g/mol. The summed E-state index contributed by atoms with van der Waals surface area (Å²) in [5, 5.41) is 0. The number of aryl methyl sites for hydroxylation is 1. The first-order chi connectivity index (χ1) is 14.8. The van der Waals surface area contributed by atoms with Gasteiger partial charge in [0.05, 0.1) is 12.6 Å². The molecule has 0 amide bonds. The van der Waals surface area contributed by atoms with Crippen LogP contribution in [0.2, 0.25) is 0 Å². The Morgan fingerprint density at radius 2 is 1.87 bits per heavy atom. The number of hydrogen-bond donors (Lipinski definition) is 0. The SMILES string of the molecule is CC(C)[C@H]1CC[C@H](C)C[C@H]1OC(=O)Cn1c(-c2ccc(F)cc2)[n+](C)c2ccccc21. The summed E-state index contributed by atoms with van der Waals surface area (Å²) in [5.74, 6) is 1.84. The Kier molecular flexibility index (Phi) is 6.12. The molecule has 0 bridgehead atoms. The van der Waals surface area contributed by atoms with Gasteiger partial charge in [-0.05, 0) is 67.0 Å². The van der Waals surface area contributed by atoms with E-state index in [1.165, 1.54) is 18.6 Å². The van der Waals surface area contributed by atoms with Crippen molar-refractivity contribution in [2.45, 2.75) is 52.7 Å². The standard InChI is InChI=1S/C26H32FN2O2/c1-17(2)21-14-9-18(3)15-24(21)31-25(30)16-29-23-8-6-5-7-22(23)28(4)26(29)19-10-12-20(27)13-11-19/h5-8,10-13,17-18,21,24H,9,14-16H2,1-4H3/q+1/t18-,21+,24+/m0/s1. The van der Waals surface area contributed by atoms with Gasteiger partial charge < -0.3 is 4.74 Å². The maximum absolute atomic E-state index is 13.5. The van der Waals surface area contributed by atoms with Crippen LogP contribution in [0, 0.1) is 23.6 Å². The summed E-state index contributed by atoms with van der Waals surface area (Å²) in [4.78, 5) is 13.1. The largest absolute Gasteiger partial charge is 0.459 e. The third-order valence-corrected chi connectivity index (χ3v) is 6.74. The van der Waals surface area contributed by atoms with Crippen molar-refractivity contribution in [2.75, 3.05) is 0 Å². The van der Waals surface area contributed by atoms with Crippen LogP contribution >= 0.6 is 0 Å². The Morgan fingerprint density at radius 1 is 1.16 bits per heavy atom. The van der Waals surface area contributed by atoms with Gasteiger partial charge in [-0.15, -0.1) is 0 Å². The third kappa shape index (κ3) is 4.36. The van der Waals surface area contributed by atoms with Gasteiger partial charge >= 0.3 is 5.97 Å². The minimum atomic E-state index is -0.278. The highest BCUT2D eigenvalue weighted by Crippen LogP contribution is 2.35. The van der Waals surface area contributed by atoms with Crippen LogP contribution in [0.1, 0.15) is 40.0 Å². The minimum absolute atomic E-state index is 0.0268. The summed E-state index contributed by atoms with van der Waals surface area (Å²) in [6, 6.07) is 14.4. The molecule has 1 saturated carbocycles. The zero-order valence-electron chi connectivity index (χ0n) is 18.8. The van der Waals surface area contributed by atoms with Crippen LogP contribution in [0.25, 0.3) is 22.4 Å². The van der Waals surface area contributed by atoms with E-state index in [2.05, 4.69) is 25.3 Å². The van der Waals surface area contributed by atoms with Gasteiger partial charge in [0.15, 0.2) is 17.6 Å². The molecule has 1 aromatic heterocycles. The van der Waals surface area contributed by atoms with Crippen LogP contribution in [0.4, 0.5) is 4.39 Å².